The van der Waals surface area contributed by atoms with Crippen LogP contribution in [0.25, 0.3) is 0 Å². The molecule has 0 spiro atoms. The van der Waals surface area contributed by atoms with Gasteiger partial charge in [-0.05, 0) is 57.6 Å². The predicted octanol–water partition coefficient (Wildman–Crippen LogP) is 7.47. The second-order valence-electron chi connectivity index (χ2n) is 12.1. The van der Waals surface area contributed by atoms with Gasteiger partial charge >= 0.3 is 6.09 Å². The van der Waals surface area contributed by atoms with Crippen LogP contribution in [0.2, 0.25) is 0 Å². The van der Waals surface area contributed by atoms with Crippen LogP contribution in [-0.2, 0) is 14.3 Å². The van der Waals surface area contributed by atoms with Crippen molar-refractivity contribution in [1.82, 2.24) is 15.5 Å². The first-order valence-electron chi connectivity index (χ1n) is 15.6. The van der Waals surface area contributed by atoms with Gasteiger partial charge in [0.05, 0.1) is 0 Å². The van der Waals surface area contributed by atoms with Crippen LogP contribution in [-0.4, -0.2) is 47.5 Å². The van der Waals surface area contributed by atoms with Crippen LogP contribution in [0.5, 0.6) is 0 Å². The summed E-state index contributed by atoms with van der Waals surface area (Å²) >= 11 is 0. The molecule has 0 saturated carbocycles. The maximum atomic E-state index is 14.4. The lowest BCUT2D eigenvalue weighted by Crippen LogP contribution is -2.55. The minimum atomic E-state index is -0.806. The zero-order valence-corrected chi connectivity index (χ0v) is 26.6. The molecule has 0 heterocycles. The van der Waals surface area contributed by atoms with Crippen LogP contribution in [0.3, 0.4) is 0 Å². The largest absolute Gasteiger partial charge is 0.444 e. The monoisotopic (exact) mass is 559 g/mol. The van der Waals surface area contributed by atoms with E-state index in [2.05, 4.69) is 24.5 Å². The van der Waals surface area contributed by atoms with Crippen molar-refractivity contribution >= 4 is 17.9 Å². The molecule has 0 aliphatic heterocycles. The summed E-state index contributed by atoms with van der Waals surface area (Å²) < 4.78 is 5.52. The minimum absolute atomic E-state index is 0.141. The minimum Gasteiger partial charge on any atom is -0.444 e. The molecular formula is C33H57N3O4. The number of hydrogen-bond donors (Lipinski definition) is 2. The average molecular weight is 560 g/mol. The zero-order chi connectivity index (χ0) is 30.1. The fourth-order valence-electron chi connectivity index (χ4n) is 4.75. The fourth-order valence-corrected chi connectivity index (χ4v) is 4.75. The molecule has 7 nitrogen and oxygen atoms in total. The molecule has 0 aromatic heterocycles. The average Bonchev–Trinajstić information content (AvgIpc) is 2.90. The Labute approximate surface area is 244 Å². The van der Waals surface area contributed by atoms with Crippen LogP contribution in [0.15, 0.2) is 24.3 Å². The van der Waals surface area contributed by atoms with Gasteiger partial charge in [0.1, 0.15) is 17.7 Å². The molecule has 1 aromatic carbocycles. The van der Waals surface area contributed by atoms with E-state index in [0.717, 1.165) is 49.7 Å². The van der Waals surface area contributed by atoms with E-state index >= 15 is 0 Å². The lowest BCUT2D eigenvalue weighted by atomic mass is 9.94. The molecule has 0 aliphatic rings. The lowest BCUT2D eigenvalue weighted by Gasteiger charge is -2.36. The first kappa shape index (κ1) is 35.5. The Balaban J connectivity index is 3.44. The SMILES string of the molecule is CCCCCCCCN(C(=O)C(NC(=O)OC(C)(C)C)C(C)CC)C(C(=O)NCCCCC)c1ccccc1C. The van der Waals surface area contributed by atoms with Crippen molar-refractivity contribution < 1.29 is 19.1 Å². The van der Waals surface area contributed by atoms with Crippen molar-refractivity contribution in [1.29, 1.82) is 0 Å². The third-order valence-corrected chi connectivity index (χ3v) is 7.31. The zero-order valence-electron chi connectivity index (χ0n) is 26.6. The molecule has 1 aromatic rings. The number of carbonyl (C=O) groups excluding carboxylic acids is 3. The van der Waals surface area contributed by atoms with E-state index in [1.807, 2.05) is 45.0 Å². The molecule has 0 radical (unpaired) electrons. The number of rotatable bonds is 18. The van der Waals surface area contributed by atoms with Gasteiger partial charge in [0.25, 0.3) is 0 Å². The van der Waals surface area contributed by atoms with E-state index in [1.54, 1.807) is 25.7 Å². The number of aryl methyl sites for hydroxylation is 1. The Morgan fingerprint density at radius 1 is 0.900 bits per heavy atom. The number of nitrogens with one attached hydrogen (secondary N) is 2. The number of hydrogen-bond acceptors (Lipinski definition) is 4. The molecule has 7 heteroatoms. The standard InChI is InChI=1S/C33H57N3O4/c1-9-12-14-15-16-20-24-36(31(38)28(25(4)11-3)35-32(39)40-33(6,7)8)29(27-22-18-17-21-26(27)5)30(37)34-23-19-13-10-2/h17-18,21-22,25,28-29H,9-16,19-20,23-24H2,1-8H3,(H,34,37)(H,35,39). The smallest absolute Gasteiger partial charge is 0.408 e. The normalized spacial score (nSPS) is 13.7. The number of alkyl carbamates (subject to hydrolysis) is 1. The second-order valence-corrected chi connectivity index (χ2v) is 12.1. The van der Waals surface area contributed by atoms with Crippen molar-refractivity contribution in [2.45, 2.75) is 137 Å². The molecule has 3 atom stereocenters. The molecule has 0 bridgehead atoms. The van der Waals surface area contributed by atoms with E-state index in [-0.39, 0.29) is 17.7 Å². The number of amides is 3. The molecule has 2 N–H and O–H groups in total. The second kappa shape index (κ2) is 18.7. The van der Waals surface area contributed by atoms with Gasteiger partial charge in [0, 0.05) is 13.1 Å². The molecule has 40 heavy (non-hydrogen) atoms. The highest BCUT2D eigenvalue weighted by Gasteiger charge is 2.38. The first-order chi connectivity index (χ1) is 19.0. The molecule has 228 valence electrons. The highest BCUT2D eigenvalue weighted by Crippen LogP contribution is 2.28. The summed E-state index contributed by atoms with van der Waals surface area (Å²) in [6, 6.07) is 6.19. The maximum absolute atomic E-state index is 14.4. The number of nitrogens with zero attached hydrogens (tertiary/aromatic N) is 1. The van der Waals surface area contributed by atoms with Crippen molar-refractivity contribution in [3.8, 4) is 0 Å². The van der Waals surface area contributed by atoms with Crippen molar-refractivity contribution in [3.63, 3.8) is 0 Å². The van der Waals surface area contributed by atoms with E-state index in [0.29, 0.717) is 19.5 Å². The van der Waals surface area contributed by atoms with Crippen LogP contribution in [0, 0.1) is 12.8 Å². The molecule has 1 rings (SSSR count). The van der Waals surface area contributed by atoms with E-state index in [1.165, 1.54) is 19.3 Å². The summed E-state index contributed by atoms with van der Waals surface area (Å²) in [5.41, 5.74) is 1.08. The molecule has 3 unspecified atom stereocenters. The van der Waals surface area contributed by atoms with E-state index in [4.69, 9.17) is 4.74 Å². The Kier molecular flexibility index (Phi) is 16.6. The lowest BCUT2D eigenvalue weighted by molar-refractivity contribution is -0.143. The van der Waals surface area contributed by atoms with Crippen molar-refractivity contribution in [3.05, 3.63) is 35.4 Å². The van der Waals surface area contributed by atoms with E-state index < -0.39 is 23.8 Å². The topological polar surface area (TPSA) is 87.7 Å². The number of unbranched alkanes of at least 4 members (excludes halogenated alkanes) is 7. The van der Waals surface area contributed by atoms with Crippen LogP contribution in [0.4, 0.5) is 4.79 Å². The summed E-state index contributed by atoms with van der Waals surface area (Å²) in [7, 11) is 0. The number of ether oxygens (including phenoxy) is 1. The first-order valence-corrected chi connectivity index (χ1v) is 15.6. The fraction of sp³-hybridized carbons (Fsp3) is 0.727. The third kappa shape index (κ3) is 12.7. The summed E-state index contributed by atoms with van der Waals surface area (Å²) in [4.78, 5) is 42.8. The van der Waals surface area contributed by atoms with Gasteiger partial charge in [-0.1, -0.05) is 103 Å². The molecule has 0 fully saturated rings. The molecule has 0 saturated heterocycles. The Morgan fingerprint density at radius 3 is 2.10 bits per heavy atom. The van der Waals surface area contributed by atoms with Crippen molar-refractivity contribution in [2.75, 3.05) is 13.1 Å². The van der Waals surface area contributed by atoms with Crippen LogP contribution in [0.1, 0.15) is 130 Å². The van der Waals surface area contributed by atoms with Crippen LogP contribution < -0.4 is 10.6 Å². The van der Waals surface area contributed by atoms with Gasteiger partial charge in [-0.2, -0.15) is 0 Å². The Hall–Kier alpha value is -2.57. The van der Waals surface area contributed by atoms with Crippen molar-refractivity contribution in [2.24, 2.45) is 5.92 Å². The molecule has 3 amide bonds. The van der Waals surface area contributed by atoms with Gasteiger partial charge in [-0.25, -0.2) is 4.79 Å². The number of carbonyl (C=O) groups is 3. The Bertz CT molecular complexity index is 896. The summed E-state index contributed by atoms with van der Waals surface area (Å²) in [5, 5.41) is 5.96. The third-order valence-electron chi connectivity index (χ3n) is 7.31. The highest BCUT2D eigenvalue weighted by atomic mass is 16.6. The quantitative estimate of drug-likeness (QED) is 0.183. The predicted molar refractivity (Wildman–Crippen MR) is 164 cm³/mol. The highest BCUT2D eigenvalue weighted by molar-refractivity contribution is 5.92. The van der Waals surface area contributed by atoms with Crippen LogP contribution >= 0.6 is 0 Å². The summed E-state index contributed by atoms with van der Waals surface area (Å²) in [6.45, 7) is 16.7. The maximum Gasteiger partial charge on any atom is 0.408 e. The van der Waals surface area contributed by atoms with Gasteiger partial charge in [-0.3, -0.25) is 9.59 Å². The van der Waals surface area contributed by atoms with Gasteiger partial charge in [0.15, 0.2) is 0 Å². The van der Waals surface area contributed by atoms with E-state index in [9.17, 15) is 14.4 Å². The number of benzene rings is 1. The van der Waals surface area contributed by atoms with Gasteiger partial charge < -0.3 is 20.3 Å². The summed E-state index contributed by atoms with van der Waals surface area (Å²) in [5.74, 6) is -0.562. The summed E-state index contributed by atoms with van der Waals surface area (Å²) in [6.07, 6.45) is 9.46. The van der Waals surface area contributed by atoms with Gasteiger partial charge in [-0.15, -0.1) is 0 Å². The Morgan fingerprint density at radius 2 is 1.50 bits per heavy atom. The molecular weight excluding hydrogens is 502 g/mol. The molecule has 0 aliphatic carbocycles. The van der Waals surface area contributed by atoms with Gasteiger partial charge in [0.2, 0.25) is 11.8 Å².